The lowest BCUT2D eigenvalue weighted by Crippen LogP contribution is -2.14. The molecular weight excluding hydrogens is 471 g/mol. The van der Waals surface area contributed by atoms with E-state index in [4.69, 9.17) is 4.74 Å². The second-order valence-corrected chi connectivity index (χ2v) is 8.20. The lowest BCUT2D eigenvalue weighted by atomic mass is 10.0. The maximum Gasteiger partial charge on any atom is 0.416 e. The van der Waals surface area contributed by atoms with Gasteiger partial charge in [0.15, 0.2) is 11.6 Å². The van der Waals surface area contributed by atoms with Crippen LogP contribution in [0, 0.1) is 17.6 Å². The first-order valence-corrected chi connectivity index (χ1v) is 10.7. The summed E-state index contributed by atoms with van der Waals surface area (Å²) in [4.78, 5) is 28.2. The summed E-state index contributed by atoms with van der Waals surface area (Å²) in [5.41, 5.74) is -1.19. The highest BCUT2D eigenvalue weighted by molar-refractivity contribution is 5.93. The van der Waals surface area contributed by atoms with Crippen LogP contribution in [0.1, 0.15) is 29.5 Å². The molecule has 1 aromatic heterocycles. The van der Waals surface area contributed by atoms with Crippen LogP contribution in [-0.4, -0.2) is 16.7 Å². The summed E-state index contributed by atoms with van der Waals surface area (Å²) in [5, 5.41) is 2.66. The Morgan fingerprint density at radius 1 is 0.971 bits per heavy atom. The van der Waals surface area contributed by atoms with Gasteiger partial charge in [0.25, 0.3) is 0 Å². The van der Waals surface area contributed by atoms with Crippen LogP contribution in [0.25, 0.3) is 0 Å². The van der Waals surface area contributed by atoms with Crippen LogP contribution >= 0.6 is 0 Å². The zero-order chi connectivity index (χ0) is 25.2. The highest BCUT2D eigenvalue weighted by Crippen LogP contribution is 2.32. The number of benzene rings is 2. The summed E-state index contributed by atoms with van der Waals surface area (Å²) in [6, 6.07) is 8.58. The van der Waals surface area contributed by atoms with Crippen molar-refractivity contribution in [2.45, 2.75) is 31.9 Å². The molecule has 0 radical (unpaired) electrons. The molecule has 1 saturated carbocycles. The van der Waals surface area contributed by atoms with E-state index in [0.29, 0.717) is 18.2 Å². The summed E-state index contributed by atoms with van der Waals surface area (Å²) < 4.78 is 72.5. The number of anilines is 1. The molecule has 0 bridgehead atoms. The number of nitrogens with one attached hydrogen (secondary N) is 1. The van der Waals surface area contributed by atoms with Gasteiger partial charge in [0.1, 0.15) is 23.2 Å². The van der Waals surface area contributed by atoms with Gasteiger partial charge in [-0.3, -0.25) is 9.59 Å². The highest BCUT2D eigenvalue weighted by atomic mass is 19.4. The van der Waals surface area contributed by atoms with Crippen molar-refractivity contribution in [1.82, 2.24) is 4.98 Å². The van der Waals surface area contributed by atoms with Gasteiger partial charge in [-0.1, -0.05) is 6.07 Å². The summed E-state index contributed by atoms with van der Waals surface area (Å²) in [5.74, 6) is -2.08. The molecule has 1 fully saturated rings. The molecule has 10 heteroatoms. The fourth-order valence-corrected chi connectivity index (χ4v) is 3.37. The fourth-order valence-electron chi connectivity index (χ4n) is 3.37. The Hall–Kier alpha value is -3.82. The van der Waals surface area contributed by atoms with Crippen LogP contribution in [0.5, 0.6) is 11.5 Å². The van der Waals surface area contributed by atoms with Crippen LogP contribution in [0.2, 0.25) is 0 Å². The summed E-state index contributed by atoms with van der Waals surface area (Å²) in [6.07, 6.45) is -2.48. The third-order valence-electron chi connectivity index (χ3n) is 5.32. The van der Waals surface area contributed by atoms with Crippen LogP contribution in [0.3, 0.4) is 0 Å². The topological polar surface area (TPSA) is 68.3 Å². The molecule has 0 unspecified atom stereocenters. The minimum absolute atomic E-state index is 0.0147. The quantitative estimate of drug-likeness (QED) is 0.401. The van der Waals surface area contributed by atoms with Crippen LogP contribution < -0.4 is 10.1 Å². The van der Waals surface area contributed by atoms with Gasteiger partial charge in [0, 0.05) is 31.0 Å². The fraction of sp³-hybridized carbons (Fsp3) is 0.240. The van der Waals surface area contributed by atoms with Crippen molar-refractivity contribution < 1.29 is 36.3 Å². The van der Waals surface area contributed by atoms with E-state index in [0.717, 1.165) is 18.9 Å². The first-order chi connectivity index (χ1) is 16.6. The predicted molar refractivity (Wildman–Crippen MR) is 116 cm³/mol. The van der Waals surface area contributed by atoms with Crippen molar-refractivity contribution in [2.75, 3.05) is 5.32 Å². The molecule has 1 heterocycles. The smallest absolute Gasteiger partial charge is 0.416 e. The van der Waals surface area contributed by atoms with E-state index < -0.39 is 35.6 Å². The molecule has 1 aliphatic rings. The molecule has 1 aliphatic carbocycles. The van der Waals surface area contributed by atoms with Crippen LogP contribution in [0.15, 0.2) is 54.7 Å². The predicted octanol–water partition coefficient (Wildman–Crippen LogP) is 5.87. The number of nitrogens with zero attached hydrogens (tertiary/aromatic N) is 1. The van der Waals surface area contributed by atoms with Gasteiger partial charge in [-0.05, 0) is 60.4 Å². The maximum atomic E-state index is 14.6. The molecule has 35 heavy (non-hydrogen) atoms. The van der Waals surface area contributed by atoms with Gasteiger partial charge in [-0.2, -0.15) is 13.2 Å². The Kier molecular flexibility index (Phi) is 6.81. The van der Waals surface area contributed by atoms with E-state index in [-0.39, 0.29) is 46.7 Å². The van der Waals surface area contributed by atoms with Crippen molar-refractivity contribution in [3.05, 3.63) is 83.1 Å². The Morgan fingerprint density at radius 2 is 1.74 bits per heavy atom. The van der Waals surface area contributed by atoms with Crippen molar-refractivity contribution in [2.24, 2.45) is 5.92 Å². The Bertz CT molecular complexity index is 1270. The highest BCUT2D eigenvalue weighted by Gasteiger charge is 2.31. The molecule has 0 spiro atoms. The molecule has 0 saturated heterocycles. The maximum absolute atomic E-state index is 14.6. The molecule has 5 nitrogen and oxygen atoms in total. The van der Waals surface area contributed by atoms with Gasteiger partial charge in [-0.25, -0.2) is 13.8 Å². The van der Waals surface area contributed by atoms with Gasteiger partial charge in [0.2, 0.25) is 5.91 Å². The lowest BCUT2D eigenvalue weighted by molar-refractivity contribution is -0.137. The van der Waals surface area contributed by atoms with Crippen molar-refractivity contribution in [3.63, 3.8) is 0 Å². The second kappa shape index (κ2) is 9.81. The number of amides is 1. The monoisotopic (exact) mass is 490 g/mol. The number of ketones is 1. The van der Waals surface area contributed by atoms with Crippen LogP contribution in [0.4, 0.5) is 27.8 Å². The van der Waals surface area contributed by atoms with E-state index >= 15 is 0 Å². The van der Waals surface area contributed by atoms with Crippen molar-refractivity contribution in [1.29, 1.82) is 0 Å². The zero-order valence-corrected chi connectivity index (χ0v) is 18.2. The molecule has 2 aromatic carbocycles. The first-order valence-electron chi connectivity index (χ1n) is 10.7. The number of hydrogen-bond acceptors (Lipinski definition) is 4. The Balaban J connectivity index is 1.40. The van der Waals surface area contributed by atoms with Crippen molar-refractivity contribution >= 4 is 17.5 Å². The average molecular weight is 490 g/mol. The third-order valence-corrected chi connectivity index (χ3v) is 5.32. The molecule has 1 amide bonds. The summed E-state index contributed by atoms with van der Waals surface area (Å²) >= 11 is 0. The number of pyridine rings is 1. The SMILES string of the molecule is O=C(Cc1ccc(Oc2ccnc(NC(=O)C3CC3)c2)c(F)c1)Cc1cc(C(F)(F)F)ccc1F. The van der Waals surface area contributed by atoms with Crippen LogP contribution in [-0.2, 0) is 28.6 Å². The van der Waals surface area contributed by atoms with E-state index in [1.807, 2.05) is 0 Å². The molecule has 1 N–H and O–H groups in total. The number of alkyl halides is 3. The summed E-state index contributed by atoms with van der Waals surface area (Å²) in [7, 11) is 0. The van der Waals surface area contributed by atoms with Gasteiger partial charge in [0.05, 0.1) is 5.56 Å². The van der Waals surface area contributed by atoms with E-state index in [1.165, 1.54) is 30.5 Å². The number of rotatable bonds is 8. The van der Waals surface area contributed by atoms with Gasteiger partial charge < -0.3 is 10.1 Å². The first kappa shape index (κ1) is 24.3. The minimum Gasteiger partial charge on any atom is -0.454 e. The molecular formula is C25H19F5N2O3. The molecule has 182 valence electrons. The Morgan fingerprint density at radius 3 is 2.43 bits per heavy atom. The lowest BCUT2D eigenvalue weighted by Gasteiger charge is -2.11. The molecule has 0 aliphatic heterocycles. The normalized spacial score (nSPS) is 13.4. The van der Waals surface area contributed by atoms with E-state index in [1.54, 1.807) is 0 Å². The number of ether oxygens (including phenoxy) is 1. The number of aromatic nitrogens is 1. The standard InChI is InChI=1S/C25H19F5N2O3/c26-20-5-4-17(25(28,29)30)11-16(20)12-18(33)9-14-1-6-22(21(27)10-14)35-19-7-8-31-23(13-19)32-24(34)15-2-3-15/h1,4-8,10-11,13,15H,2-3,9,12H2,(H,31,32,34). The number of carbonyl (C=O) groups is 2. The van der Waals surface area contributed by atoms with E-state index in [2.05, 4.69) is 10.3 Å². The van der Waals surface area contributed by atoms with E-state index in [9.17, 15) is 31.5 Å². The minimum atomic E-state index is -4.66. The largest absolute Gasteiger partial charge is 0.454 e. The van der Waals surface area contributed by atoms with Gasteiger partial charge in [-0.15, -0.1) is 0 Å². The molecule has 3 aromatic rings. The number of halogens is 5. The molecule has 4 rings (SSSR count). The molecule has 0 atom stereocenters. The number of hydrogen-bond donors (Lipinski definition) is 1. The third kappa shape index (κ3) is 6.40. The number of carbonyl (C=O) groups excluding carboxylic acids is 2. The number of Topliss-reactive ketones (excluding diaryl/α,β-unsaturated/α-hetero) is 1. The van der Waals surface area contributed by atoms with Crippen molar-refractivity contribution in [3.8, 4) is 11.5 Å². The summed E-state index contributed by atoms with van der Waals surface area (Å²) in [6.45, 7) is 0. The van der Waals surface area contributed by atoms with Gasteiger partial charge >= 0.3 is 6.18 Å². The Labute approximate surface area is 196 Å². The zero-order valence-electron chi connectivity index (χ0n) is 18.2. The second-order valence-electron chi connectivity index (χ2n) is 8.20. The average Bonchev–Trinajstić information content (AvgIpc) is 3.62.